The molecule has 1 saturated heterocycles. The summed E-state index contributed by atoms with van der Waals surface area (Å²) in [6.07, 6.45) is 9.00. The maximum absolute atomic E-state index is 11.4. The Labute approximate surface area is 111 Å². The minimum atomic E-state index is -0.632. The molecule has 0 bridgehead atoms. The minimum Gasteiger partial charge on any atom is -0.480 e. The molecule has 0 aromatic carbocycles. The SMILES string of the molecule is CCC(C)C(C(=O)O)N1CC2(CCCCCC2)C1. The topological polar surface area (TPSA) is 40.5 Å². The van der Waals surface area contributed by atoms with Crippen molar-refractivity contribution >= 4 is 5.97 Å². The van der Waals surface area contributed by atoms with E-state index in [2.05, 4.69) is 18.7 Å². The van der Waals surface area contributed by atoms with Crippen LogP contribution in [0.25, 0.3) is 0 Å². The molecule has 1 N–H and O–H groups in total. The molecule has 1 aliphatic heterocycles. The monoisotopic (exact) mass is 253 g/mol. The average Bonchev–Trinajstić information content (AvgIpc) is 2.53. The molecule has 2 rings (SSSR count). The lowest BCUT2D eigenvalue weighted by Gasteiger charge is -2.53. The first-order valence-electron chi connectivity index (χ1n) is 7.55. The van der Waals surface area contributed by atoms with Crippen molar-refractivity contribution in [1.29, 1.82) is 0 Å². The molecular weight excluding hydrogens is 226 g/mol. The van der Waals surface area contributed by atoms with Gasteiger partial charge in [0.05, 0.1) is 0 Å². The quantitative estimate of drug-likeness (QED) is 0.836. The standard InChI is InChI=1S/C15H27NO2/c1-3-12(2)13(14(17)18)16-10-15(11-16)8-6-4-5-7-9-15/h12-13H,3-11H2,1-2H3,(H,17,18). The molecule has 1 saturated carbocycles. The fourth-order valence-corrected chi connectivity index (χ4v) is 3.79. The van der Waals surface area contributed by atoms with E-state index < -0.39 is 5.97 Å². The molecule has 2 aliphatic rings. The van der Waals surface area contributed by atoms with Crippen molar-refractivity contribution in [2.45, 2.75) is 64.8 Å². The highest BCUT2D eigenvalue weighted by Crippen LogP contribution is 2.44. The highest BCUT2D eigenvalue weighted by Gasteiger charge is 2.47. The van der Waals surface area contributed by atoms with Crippen molar-refractivity contribution in [1.82, 2.24) is 4.90 Å². The van der Waals surface area contributed by atoms with Gasteiger partial charge in [-0.3, -0.25) is 9.69 Å². The molecule has 3 nitrogen and oxygen atoms in total. The van der Waals surface area contributed by atoms with Crippen LogP contribution in [0.1, 0.15) is 58.8 Å². The molecule has 3 heteroatoms. The third kappa shape index (κ3) is 2.71. The zero-order valence-corrected chi connectivity index (χ0v) is 11.8. The van der Waals surface area contributed by atoms with Crippen molar-refractivity contribution in [3.05, 3.63) is 0 Å². The highest BCUT2D eigenvalue weighted by atomic mass is 16.4. The van der Waals surface area contributed by atoms with E-state index in [0.717, 1.165) is 19.5 Å². The first-order chi connectivity index (χ1) is 8.58. The van der Waals surface area contributed by atoms with Gasteiger partial charge >= 0.3 is 5.97 Å². The van der Waals surface area contributed by atoms with Crippen LogP contribution in [0.15, 0.2) is 0 Å². The van der Waals surface area contributed by atoms with Crippen molar-refractivity contribution in [3.63, 3.8) is 0 Å². The Bertz CT molecular complexity index is 287. The van der Waals surface area contributed by atoms with Crippen LogP contribution in [0, 0.1) is 11.3 Å². The normalized spacial score (nSPS) is 27.2. The number of rotatable bonds is 4. The number of carbonyl (C=O) groups is 1. The Morgan fingerprint density at radius 1 is 1.22 bits per heavy atom. The van der Waals surface area contributed by atoms with Crippen LogP contribution in [0.4, 0.5) is 0 Å². The maximum Gasteiger partial charge on any atom is 0.321 e. The molecule has 0 amide bonds. The number of hydrogen-bond acceptors (Lipinski definition) is 2. The summed E-state index contributed by atoms with van der Waals surface area (Å²) in [7, 11) is 0. The number of carboxylic acids is 1. The summed E-state index contributed by atoms with van der Waals surface area (Å²) in [4.78, 5) is 13.6. The first-order valence-corrected chi connectivity index (χ1v) is 7.55. The first kappa shape index (κ1) is 13.9. The van der Waals surface area contributed by atoms with Gasteiger partial charge in [0, 0.05) is 13.1 Å². The summed E-state index contributed by atoms with van der Waals surface area (Å²) in [5.41, 5.74) is 0.470. The molecule has 1 spiro atoms. The third-order valence-corrected chi connectivity index (χ3v) is 5.07. The lowest BCUT2D eigenvalue weighted by Crippen LogP contribution is -2.62. The summed E-state index contributed by atoms with van der Waals surface area (Å²) in [6, 6.07) is -0.260. The molecule has 0 radical (unpaired) electrons. The zero-order valence-electron chi connectivity index (χ0n) is 11.8. The van der Waals surface area contributed by atoms with Gasteiger partial charge in [0.2, 0.25) is 0 Å². The minimum absolute atomic E-state index is 0.255. The summed E-state index contributed by atoms with van der Waals surface area (Å²) in [5, 5.41) is 9.41. The summed E-state index contributed by atoms with van der Waals surface area (Å²) >= 11 is 0. The number of hydrogen-bond donors (Lipinski definition) is 1. The number of carboxylic acid groups (broad SMARTS) is 1. The van der Waals surface area contributed by atoms with Gasteiger partial charge in [-0.1, -0.05) is 46.0 Å². The Morgan fingerprint density at radius 3 is 2.22 bits per heavy atom. The van der Waals surface area contributed by atoms with E-state index in [0.29, 0.717) is 5.41 Å². The molecule has 0 aromatic rings. The van der Waals surface area contributed by atoms with E-state index >= 15 is 0 Å². The van der Waals surface area contributed by atoms with Crippen LogP contribution in [0.3, 0.4) is 0 Å². The molecule has 0 aromatic heterocycles. The van der Waals surface area contributed by atoms with E-state index in [1.165, 1.54) is 38.5 Å². The number of nitrogens with zero attached hydrogens (tertiary/aromatic N) is 1. The fraction of sp³-hybridized carbons (Fsp3) is 0.933. The van der Waals surface area contributed by atoms with Gasteiger partial charge in [-0.25, -0.2) is 0 Å². The van der Waals surface area contributed by atoms with Crippen LogP contribution < -0.4 is 0 Å². The summed E-state index contributed by atoms with van der Waals surface area (Å²) < 4.78 is 0. The van der Waals surface area contributed by atoms with Gasteiger partial charge in [0.15, 0.2) is 0 Å². The molecule has 104 valence electrons. The van der Waals surface area contributed by atoms with Gasteiger partial charge < -0.3 is 5.11 Å². The van der Waals surface area contributed by atoms with E-state index in [-0.39, 0.29) is 12.0 Å². The average molecular weight is 253 g/mol. The highest BCUT2D eigenvalue weighted by molar-refractivity contribution is 5.74. The molecule has 2 fully saturated rings. The van der Waals surface area contributed by atoms with Gasteiger partial charge in [-0.05, 0) is 24.2 Å². The van der Waals surface area contributed by atoms with E-state index in [4.69, 9.17) is 0 Å². The van der Waals surface area contributed by atoms with Gasteiger partial charge in [0.1, 0.15) is 6.04 Å². The second kappa shape index (κ2) is 5.60. The Balaban J connectivity index is 1.94. The predicted molar refractivity (Wildman–Crippen MR) is 72.6 cm³/mol. The Hall–Kier alpha value is -0.570. The van der Waals surface area contributed by atoms with Crippen molar-refractivity contribution < 1.29 is 9.90 Å². The van der Waals surface area contributed by atoms with Crippen LogP contribution >= 0.6 is 0 Å². The fourth-order valence-electron chi connectivity index (χ4n) is 3.79. The van der Waals surface area contributed by atoms with Gasteiger partial charge in [0.25, 0.3) is 0 Å². The van der Waals surface area contributed by atoms with E-state index in [1.54, 1.807) is 0 Å². The summed E-state index contributed by atoms with van der Waals surface area (Å²) in [6.45, 7) is 6.20. The third-order valence-electron chi connectivity index (χ3n) is 5.07. The zero-order chi connectivity index (χ0) is 13.2. The van der Waals surface area contributed by atoms with E-state index in [1.807, 2.05) is 0 Å². The molecule has 1 aliphatic carbocycles. The second-order valence-electron chi connectivity index (χ2n) is 6.49. The van der Waals surface area contributed by atoms with E-state index in [9.17, 15) is 9.90 Å². The lowest BCUT2D eigenvalue weighted by molar-refractivity contribution is -0.153. The Morgan fingerprint density at radius 2 is 1.78 bits per heavy atom. The largest absolute Gasteiger partial charge is 0.480 e. The molecule has 18 heavy (non-hydrogen) atoms. The number of likely N-dealkylation sites (tertiary alicyclic amines) is 1. The van der Waals surface area contributed by atoms with Crippen molar-refractivity contribution in [2.75, 3.05) is 13.1 Å². The van der Waals surface area contributed by atoms with Crippen LogP contribution in [0.5, 0.6) is 0 Å². The molecule has 2 atom stereocenters. The Kier molecular flexibility index (Phi) is 4.31. The van der Waals surface area contributed by atoms with Gasteiger partial charge in [-0.15, -0.1) is 0 Å². The predicted octanol–water partition coefficient (Wildman–Crippen LogP) is 3.14. The molecular formula is C15H27NO2. The van der Waals surface area contributed by atoms with Crippen molar-refractivity contribution in [2.24, 2.45) is 11.3 Å². The molecule has 2 unspecified atom stereocenters. The maximum atomic E-state index is 11.4. The molecule has 1 heterocycles. The van der Waals surface area contributed by atoms with Crippen LogP contribution in [-0.2, 0) is 4.79 Å². The van der Waals surface area contributed by atoms with Crippen molar-refractivity contribution in [3.8, 4) is 0 Å². The van der Waals surface area contributed by atoms with Crippen LogP contribution in [-0.4, -0.2) is 35.1 Å². The van der Waals surface area contributed by atoms with Gasteiger partial charge in [-0.2, -0.15) is 0 Å². The van der Waals surface area contributed by atoms with Crippen LogP contribution in [0.2, 0.25) is 0 Å². The lowest BCUT2D eigenvalue weighted by atomic mass is 9.72. The second-order valence-corrected chi connectivity index (χ2v) is 6.49. The summed E-state index contributed by atoms with van der Waals surface area (Å²) in [5.74, 6) is -0.376. The smallest absolute Gasteiger partial charge is 0.321 e. The number of aliphatic carboxylic acids is 1.